The lowest BCUT2D eigenvalue weighted by molar-refractivity contribution is -0.139. The molecule has 88 valence electrons. The van der Waals surface area contributed by atoms with Crippen molar-refractivity contribution in [2.75, 3.05) is 12.4 Å². The van der Waals surface area contributed by atoms with Gasteiger partial charge >= 0.3 is 5.97 Å². The largest absolute Gasteiger partial charge is 0.465 e. The van der Waals surface area contributed by atoms with Gasteiger partial charge in [0.25, 0.3) is 0 Å². The van der Waals surface area contributed by atoms with Crippen molar-refractivity contribution >= 4 is 17.7 Å². The number of benzene rings is 1. The molecule has 16 heavy (non-hydrogen) atoms. The van der Waals surface area contributed by atoms with E-state index in [9.17, 15) is 9.90 Å². The second-order valence-electron chi connectivity index (χ2n) is 3.34. The van der Waals surface area contributed by atoms with Gasteiger partial charge in [0, 0.05) is 4.90 Å². The zero-order chi connectivity index (χ0) is 12.0. The Bertz CT molecular complexity index is 333. The zero-order valence-corrected chi connectivity index (χ0v) is 10.3. The van der Waals surface area contributed by atoms with Gasteiger partial charge in [-0.15, -0.1) is 11.8 Å². The minimum atomic E-state index is -0.455. The van der Waals surface area contributed by atoms with Crippen molar-refractivity contribution in [1.82, 2.24) is 0 Å². The van der Waals surface area contributed by atoms with Crippen LogP contribution in [0.4, 0.5) is 0 Å². The number of hydrogen-bond donors (Lipinski definition) is 1. The fourth-order valence-corrected chi connectivity index (χ4v) is 1.88. The third kappa shape index (κ3) is 4.24. The first-order valence-corrected chi connectivity index (χ1v) is 6.18. The van der Waals surface area contributed by atoms with Crippen molar-refractivity contribution in [2.45, 2.75) is 24.8 Å². The Labute approximate surface area is 99.8 Å². The Balaban J connectivity index is 2.46. The highest BCUT2D eigenvalue weighted by Gasteiger charge is 2.04. The summed E-state index contributed by atoms with van der Waals surface area (Å²) in [5.41, 5.74) is 0.875. The van der Waals surface area contributed by atoms with Gasteiger partial charge in [-0.2, -0.15) is 0 Å². The molecular weight excluding hydrogens is 224 g/mol. The SMILES string of the molecule is CCOC(=O)CSc1ccc([C@@H](C)O)cc1. The smallest absolute Gasteiger partial charge is 0.316 e. The highest BCUT2D eigenvalue weighted by Crippen LogP contribution is 2.20. The molecule has 0 heterocycles. The lowest BCUT2D eigenvalue weighted by Crippen LogP contribution is -2.06. The number of hydrogen-bond acceptors (Lipinski definition) is 4. The summed E-state index contributed by atoms with van der Waals surface area (Å²) in [7, 11) is 0. The molecule has 0 saturated heterocycles. The van der Waals surface area contributed by atoms with Crippen LogP contribution in [0.15, 0.2) is 29.2 Å². The molecule has 0 aliphatic rings. The van der Waals surface area contributed by atoms with Crippen molar-refractivity contribution in [3.63, 3.8) is 0 Å². The molecule has 0 aliphatic heterocycles. The second kappa shape index (κ2) is 6.55. The highest BCUT2D eigenvalue weighted by molar-refractivity contribution is 8.00. The first-order chi connectivity index (χ1) is 7.63. The van der Waals surface area contributed by atoms with Gasteiger partial charge in [0.05, 0.1) is 18.5 Å². The second-order valence-corrected chi connectivity index (χ2v) is 4.39. The van der Waals surface area contributed by atoms with Crippen LogP contribution in [0.25, 0.3) is 0 Å². The Kier molecular flexibility index (Phi) is 5.35. The summed E-state index contributed by atoms with van der Waals surface area (Å²) in [6.07, 6.45) is -0.455. The van der Waals surface area contributed by atoms with Crippen molar-refractivity contribution < 1.29 is 14.6 Å². The molecular formula is C12H16O3S. The molecule has 0 aromatic heterocycles. The number of carbonyl (C=O) groups excluding carboxylic acids is 1. The molecule has 3 nitrogen and oxygen atoms in total. The standard InChI is InChI=1S/C12H16O3S/c1-3-15-12(14)8-16-11-6-4-10(5-7-11)9(2)13/h4-7,9,13H,3,8H2,1-2H3/t9-/m1/s1. The number of rotatable bonds is 5. The van der Waals surface area contributed by atoms with Crippen molar-refractivity contribution in [2.24, 2.45) is 0 Å². The van der Waals surface area contributed by atoms with Gasteiger partial charge in [-0.05, 0) is 31.5 Å². The summed E-state index contributed by atoms with van der Waals surface area (Å²) in [5.74, 6) is 0.120. The predicted octanol–water partition coefficient (Wildman–Crippen LogP) is 2.40. The van der Waals surface area contributed by atoms with Crippen molar-refractivity contribution in [3.05, 3.63) is 29.8 Å². The van der Waals surface area contributed by atoms with Crippen LogP contribution in [-0.4, -0.2) is 23.4 Å². The molecule has 0 fully saturated rings. The van der Waals surface area contributed by atoms with E-state index >= 15 is 0 Å². The van der Waals surface area contributed by atoms with Crippen LogP contribution >= 0.6 is 11.8 Å². The number of esters is 1. The molecule has 1 aromatic rings. The lowest BCUT2D eigenvalue weighted by Gasteiger charge is -2.06. The molecule has 1 rings (SSSR count). The molecule has 0 spiro atoms. The normalized spacial score (nSPS) is 12.2. The molecule has 0 saturated carbocycles. The molecule has 1 N–H and O–H groups in total. The Morgan fingerprint density at radius 3 is 2.56 bits per heavy atom. The monoisotopic (exact) mass is 240 g/mol. The van der Waals surface area contributed by atoms with Gasteiger partial charge in [-0.25, -0.2) is 0 Å². The zero-order valence-electron chi connectivity index (χ0n) is 9.47. The topological polar surface area (TPSA) is 46.5 Å². The van der Waals surface area contributed by atoms with E-state index in [1.165, 1.54) is 11.8 Å². The Morgan fingerprint density at radius 2 is 2.06 bits per heavy atom. The van der Waals surface area contributed by atoms with Crippen molar-refractivity contribution in [3.8, 4) is 0 Å². The van der Waals surface area contributed by atoms with Crippen LogP contribution in [0.5, 0.6) is 0 Å². The number of carbonyl (C=O) groups is 1. The Hall–Kier alpha value is -1.00. The third-order valence-corrected chi connectivity index (χ3v) is 3.01. The quantitative estimate of drug-likeness (QED) is 0.634. The predicted molar refractivity (Wildman–Crippen MR) is 64.4 cm³/mol. The summed E-state index contributed by atoms with van der Waals surface area (Å²) >= 11 is 1.43. The summed E-state index contributed by atoms with van der Waals surface area (Å²) in [6, 6.07) is 7.51. The van der Waals surface area contributed by atoms with Crippen LogP contribution < -0.4 is 0 Å². The molecule has 0 amide bonds. The lowest BCUT2D eigenvalue weighted by atomic mass is 10.1. The van der Waals surface area contributed by atoms with E-state index in [0.29, 0.717) is 12.4 Å². The van der Waals surface area contributed by atoms with Gasteiger partial charge < -0.3 is 9.84 Å². The molecule has 1 aromatic carbocycles. The maximum absolute atomic E-state index is 11.1. The van der Waals surface area contributed by atoms with Crippen LogP contribution in [0.1, 0.15) is 25.5 Å². The average Bonchev–Trinajstić information content (AvgIpc) is 2.27. The summed E-state index contributed by atoms with van der Waals surface area (Å²) in [5, 5.41) is 9.32. The van der Waals surface area contributed by atoms with E-state index in [0.717, 1.165) is 10.5 Å². The molecule has 1 atom stereocenters. The van der Waals surface area contributed by atoms with Crippen LogP contribution in [0.3, 0.4) is 0 Å². The maximum Gasteiger partial charge on any atom is 0.316 e. The van der Waals surface area contributed by atoms with E-state index in [1.807, 2.05) is 24.3 Å². The van der Waals surface area contributed by atoms with Crippen LogP contribution in [0.2, 0.25) is 0 Å². The van der Waals surface area contributed by atoms with Crippen molar-refractivity contribution in [1.29, 1.82) is 0 Å². The van der Waals surface area contributed by atoms with Gasteiger partial charge in [-0.1, -0.05) is 12.1 Å². The van der Waals surface area contributed by atoms with Gasteiger partial charge in [0.15, 0.2) is 0 Å². The molecule has 0 bridgehead atoms. The minimum Gasteiger partial charge on any atom is -0.465 e. The van der Waals surface area contributed by atoms with Gasteiger partial charge in [-0.3, -0.25) is 4.79 Å². The van der Waals surface area contributed by atoms with E-state index in [2.05, 4.69) is 0 Å². The summed E-state index contributed by atoms with van der Waals surface area (Å²) < 4.78 is 4.83. The summed E-state index contributed by atoms with van der Waals surface area (Å²) in [6.45, 7) is 3.93. The average molecular weight is 240 g/mol. The minimum absolute atomic E-state index is 0.202. The molecule has 0 aliphatic carbocycles. The molecule has 0 unspecified atom stereocenters. The van der Waals surface area contributed by atoms with E-state index in [1.54, 1.807) is 13.8 Å². The highest BCUT2D eigenvalue weighted by atomic mass is 32.2. The van der Waals surface area contributed by atoms with Gasteiger partial charge in [0.1, 0.15) is 0 Å². The van der Waals surface area contributed by atoms with E-state index in [-0.39, 0.29) is 5.97 Å². The molecule has 4 heteroatoms. The maximum atomic E-state index is 11.1. The number of thioether (sulfide) groups is 1. The fourth-order valence-electron chi connectivity index (χ4n) is 1.19. The first-order valence-electron chi connectivity index (χ1n) is 5.20. The van der Waals surface area contributed by atoms with Crippen LogP contribution in [-0.2, 0) is 9.53 Å². The van der Waals surface area contributed by atoms with E-state index < -0.39 is 6.10 Å². The Morgan fingerprint density at radius 1 is 1.44 bits per heavy atom. The summed E-state index contributed by atoms with van der Waals surface area (Å²) in [4.78, 5) is 12.1. The van der Waals surface area contributed by atoms with Crippen LogP contribution in [0, 0.1) is 0 Å². The fraction of sp³-hybridized carbons (Fsp3) is 0.417. The van der Waals surface area contributed by atoms with E-state index in [4.69, 9.17) is 4.74 Å². The first kappa shape index (κ1) is 13.1. The van der Waals surface area contributed by atoms with Gasteiger partial charge in [0.2, 0.25) is 0 Å². The molecule has 0 radical (unpaired) electrons. The number of ether oxygens (including phenoxy) is 1. The number of aliphatic hydroxyl groups is 1. The number of aliphatic hydroxyl groups excluding tert-OH is 1. The third-order valence-electron chi connectivity index (χ3n) is 2.02.